The lowest BCUT2D eigenvalue weighted by Gasteiger charge is -2.24. The van der Waals surface area contributed by atoms with Gasteiger partial charge in [-0.1, -0.05) is 48.5 Å². The smallest absolute Gasteiger partial charge is 0.241 e. The van der Waals surface area contributed by atoms with Gasteiger partial charge in [-0.05, 0) is 54.8 Å². The van der Waals surface area contributed by atoms with Crippen LogP contribution >= 0.6 is 11.8 Å². The number of likely N-dealkylation sites (N-methyl/N-ethyl adjacent to an activating group) is 1. The summed E-state index contributed by atoms with van der Waals surface area (Å²) in [4.78, 5) is 15.8. The first kappa shape index (κ1) is 18.5. The summed E-state index contributed by atoms with van der Waals surface area (Å²) in [5.74, 6) is 0.00906. The maximum absolute atomic E-state index is 12.7. The summed E-state index contributed by atoms with van der Waals surface area (Å²) in [6, 6.07) is 22.5. The molecule has 0 bridgehead atoms. The van der Waals surface area contributed by atoms with Crippen LogP contribution in [0.4, 0.5) is 5.69 Å². The number of thioether (sulfide) groups is 1. The highest BCUT2D eigenvalue weighted by atomic mass is 32.2. The highest BCUT2D eigenvalue weighted by molar-refractivity contribution is 7.98. The summed E-state index contributed by atoms with van der Waals surface area (Å²) in [7, 11) is 1.99. The van der Waals surface area contributed by atoms with E-state index < -0.39 is 0 Å². The molecular formula is C22H24N2OS. The molecule has 3 nitrogen and oxygen atoms in total. The summed E-state index contributed by atoms with van der Waals surface area (Å²) in [6.45, 7) is 2.67. The lowest BCUT2D eigenvalue weighted by molar-refractivity contribution is -0.120. The van der Waals surface area contributed by atoms with Crippen LogP contribution in [0, 0.1) is 0 Å². The average molecular weight is 365 g/mol. The Labute approximate surface area is 159 Å². The van der Waals surface area contributed by atoms with Crippen LogP contribution in [0.25, 0.3) is 10.8 Å². The van der Waals surface area contributed by atoms with Crippen molar-refractivity contribution >= 4 is 34.1 Å². The standard InChI is InChI=1S/C22H24N2OS/c1-16(22(25)23-20-10-6-7-11-21(20)26-3)24(2)15-17-12-13-18-8-4-5-9-19(18)14-17/h4-14,16H,15H2,1-3H3,(H,23,25)/t16-/m0/s1. The molecule has 1 N–H and O–H groups in total. The molecule has 0 aliphatic rings. The lowest BCUT2D eigenvalue weighted by atomic mass is 10.1. The molecule has 0 aliphatic carbocycles. The first-order valence-corrected chi connectivity index (χ1v) is 9.93. The molecule has 3 aromatic carbocycles. The topological polar surface area (TPSA) is 32.3 Å². The predicted molar refractivity (Wildman–Crippen MR) is 112 cm³/mol. The van der Waals surface area contributed by atoms with E-state index in [1.165, 1.54) is 16.3 Å². The van der Waals surface area contributed by atoms with Crippen molar-refractivity contribution < 1.29 is 4.79 Å². The number of nitrogens with one attached hydrogen (secondary N) is 1. The van der Waals surface area contributed by atoms with Gasteiger partial charge in [0.15, 0.2) is 0 Å². The Morgan fingerprint density at radius 3 is 2.50 bits per heavy atom. The minimum Gasteiger partial charge on any atom is -0.324 e. The number of anilines is 1. The normalized spacial score (nSPS) is 12.3. The number of nitrogens with zero attached hydrogens (tertiary/aromatic N) is 1. The largest absolute Gasteiger partial charge is 0.324 e. The van der Waals surface area contributed by atoms with Crippen LogP contribution < -0.4 is 5.32 Å². The number of hydrogen-bond donors (Lipinski definition) is 1. The molecular weight excluding hydrogens is 340 g/mol. The van der Waals surface area contributed by atoms with Crippen molar-refractivity contribution in [3.05, 3.63) is 72.3 Å². The first-order valence-electron chi connectivity index (χ1n) is 8.70. The van der Waals surface area contributed by atoms with Crippen LogP contribution in [0.3, 0.4) is 0 Å². The van der Waals surface area contributed by atoms with Crippen LogP contribution in [-0.2, 0) is 11.3 Å². The van der Waals surface area contributed by atoms with Crippen LogP contribution in [0.5, 0.6) is 0 Å². The third kappa shape index (κ3) is 4.26. The quantitative estimate of drug-likeness (QED) is 0.623. The Hall–Kier alpha value is -2.30. The van der Waals surface area contributed by atoms with Crippen LogP contribution in [-0.4, -0.2) is 30.2 Å². The van der Waals surface area contributed by atoms with Crippen molar-refractivity contribution in [2.24, 2.45) is 0 Å². The minimum atomic E-state index is -0.226. The fraction of sp³-hybridized carbons (Fsp3) is 0.227. The SMILES string of the molecule is CSc1ccccc1NC(=O)[C@H](C)N(C)Cc1ccc2ccccc2c1. The monoisotopic (exact) mass is 364 g/mol. The third-order valence-electron chi connectivity index (χ3n) is 4.65. The van der Waals surface area contributed by atoms with Crippen molar-refractivity contribution in [3.63, 3.8) is 0 Å². The number of hydrogen-bond acceptors (Lipinski definition) is 3. The molecule has 0 saturated carbocycles. The molecule has 1 amide bonds. The molecule has 0 aromatic heterocycles. The van der Waals surface area contributed by atoms with Gasteiger partial charge in [-0.25, -0.2) is 0 Å². The molecule has 0 radical (unpaired) electrons. The summed E-state index contributed by atoms with van der Waals surface area (Å²) in [5, 5.41) is 5.52. The van der Waals surface area contributed by atoms with Gasteiger partial charge in [0, 0.05) is 11.4 Å². The van der Waals surface area contributed by atoms with Gasteiger partial charge in [-0.3, -0.25) is 9.69 Å². The van der Waals surface area contributed by atoms with E-state index in [1.54, 1.807) is 11.8 Å². The van der Waals surface area contributed by atoms with Crippen molar-refractivity contribution in [1.29, 1.82) is 0 Å². The number of rotatable bonds is 6. The molecule has 3 aromatic rings. The van der Waals surface area contributed by atoms with Gasteiger partial charge in [-0.2, -0.15) is 0 Å². The molecule has 0 saturated heterocycles. The molecule has 0 heterocycles. The van der Waals surface area contributed by atoms with Crippen molar-refractivity contribution in [1.82, 2.24) is 4.90 Å². The van der Waals surface area contributed by atoms with Crippen LogP contribution in [0.1, 0.15) is 12.5 Å². The maximum Gasteiger partial charge on any atom is 0.241 e. The second kappa shape index (κ2) is 8.39. The van der Waals surface area contributed by atoms with Gasteiger partial charge in [-0.15, -0.1) is 11.8 Å². The number of benzene rings is 3. The van der Waals surface area contributed by atoms with E-state index in [4.69, 9.17) is 0 Å². The highest BCUT2D eigenvalue weighted by Gasteiger charge is 2.19. The Morgan fingerprint density at radius 1 is 1.04 bits per heavy atom. The van der Waals surface area contributed by atoms with Gasteiger partial charge < -0.3 is 5.32 Å². The Morgan fingerprint density at radius 2 is 1.73 bits per heavy atom. The van der Waals surface area contributed by atoms with Crippen molar-refractivity contribution in [3.8, 4) is 0 Å². The number of para-hydroxylation sites is 1. The number of fused-ring (bicyclic) bond motifs is 1. The summed E-state index contributed by atoms with van der Waals surface area (Å²) in [5.41, 5.74) is 2.08. The second-order valence-corrected chi connectivity index (χ2v) is 7.31. The summed E-state index contributed by atoms with van der Waals surface area (Å²) < 4.78 is 0. The molecule has 26 heavy (non-hydrogen) atoms. The zero-order valence-corrected chi connectivity index (χ0v) is 16.2. The van der Waals surface area contributed by atoms with E-state index in [0.717, 1.165) is 17.1 Å². The van der Waals surface area contributed by atoms with Gasteiger partial charge in [0.2, 0.25) is 5.91 Å². The fourth-order valence-electron chi connectivity index (χ4n) is 2.95. The predicted octanol–water partition coefficient (Wildman–Crippen LogP) is 5.02. The number of carbonyl (C=O) groups excluding carboxylic acids is 1. The molecule has 3 rings (SSSR count). The summed E-state index contributed by atoms with van der Waals surface area (Å²) in [6.07, 6.45) is 2.01. The second-order valence-electron chi connectivity index (χ2n) is 6.46. The van der Waals surface area contributed by atoms with E-state index in [2.05, 4.69) is 46.6 Å². The summed E-state index contributed by atoms with van der Waals surface area (Å²) >= 11 is 1.63. The fourth-order valence-corrected chi connectivity index (χ4v) is 3.50. The minimum absolute atomic E-state index is 0.00906. The zero-order chi connectivity index (χ0) is 18.5. The van der Waals surface area contributed by atoms with E-state index >= 15 is 0 Å². The van der Waals surface area contributed by atoms with E-state index in [1.807, 2.05) is 50.6 Å². The van der Waals surface area contributed by atoms with Crippen LogP contribution in [0.2, 0.25) is 0 Å². The average Bonchev–Trinajstić information content (AvgIpc) is 2.67. The third-order valence-corrected chi connectivity index (χ3v) is 5.45. The van der Waals surface area contributed by atoms with E-state index in [-0.39, 0.29) is 11.9 Å². The molecule has 0 unspecified atom stereocenters. The van der Waals surface area contributed by atoms with E-state index in [0.29, 0.717) is 0 Å². The molecule has 0 aliphatic heterocycles. The van der Waals surface area contributed by atoms with Gasteiger partial charge in [0.25, 0.3) is 0 Å². The highest BCUT2D eigenvalue weighted by Crippen LogP contribution is 2.25. The molecule has 0 fully saturated rings. The van der Waals surface area contributed by atoms with E-state index in [9.17, 15) is 4.79 Å². The Bertz CT molecular complexity index is 909. The molecule has 1 atom stereocenters. The lowest BCUT2D eigenvalue weighted by Crippen LogP contribution is -2.39. The Kier molecular flexibility index (Phi) is 5.96. The van der Waals surface area contributed by atoms with Gasteiger partial charge >= 0.3 is 0 Å². The van der Waals surface area contributed by atoms with Crippen molar-refractivity contribution in [2.75, 3.05) is 18.6 Å². The number of carbonyl (C=O) groups is 1. The van der Waals surface area contributed by atoms with Crippen LogP contribution in [0.15, 0.2) is 71.6 Å². The number of amides is 1. The maximum atomic E-state index is 12.7. The molecule has 134 valence electrons. The van der Waals surface area contributed by atoms with Crippen molar-refractivity contribution in [2.45, 2.75) is 24.4 Å². The van der Waals surface area contributed by atoms with Gasteiger partial charge in [0.1, 0.15) is 0 Å². The molecule has 4 heteroatoms. The first-order chi connectivity index (χ1) is 12.6. The molecule has 0 spiro atoms. The van der Waals surface area contributed by atoms with Gasteiger partial charge in [0.05, 0.1) is 11.7 Å². The zero-order valence-electron chi connectivity index (χ0n) is 15.4. The Balaban J connectivity index is 1.68.